The fourth-order valence-electron chi connectivity index (χ4n) is 2.47. The van der Waals surface area contributed by atoms with Crippen LogP contribution in [-0.2, 0) is 4.74 Å². The van der Waals surface area contributed by atoms with Crippen LogP contribution < -0.4 is 5.32 Å². The molecule has 0 spiro atoms. The molecule has 2 rings (SSSR count). The second kappa shape index (κ2) is 6.30. The van der Waals surface area contributed by atoms with Crippen LogP contribution in [0.2, 0.25) is 0 Å². The number of benzene rings is 1. The average Bonchev–Trinajstić information content (AvgIpc) is 3.19. The number of ether oxygens (including phenoxy) is 1. The van der Waals surface area contributed by atoms with Gasteiger partial charge in [-0.3, -0.25) is 0 Å². The van der Waals surface area contributed by atoms with E-state index in [1.54, 1.807) is 6.07 Å². The summed E-state index contributed by atoms with van der Waals surface area (Å²) in [6, 6.07) is 6.96. The highest BCUT2D eigenvalue weighted by molar-refractivity contribution is 5.23. The van der Waals surface area contributed by atoms with E-state index in [0.29, 0.717) is 12.5 Å². The summed E-state index contributed by atoms with van der Waals surface area (Å²) in [5, 5.41) is 3.38. The van der Waals surface area contributed by atoms with Gasteiger partial charge in [0.25, 0.3) is 0 Å². The van der Waals surface area contributed by atoms with Gasteiger partial charge in [0.2, 0.25) is 0 Å². The van der Waals surface area contributed by atoms with Crippen molar-refractivity contribution in [1.29, 1.82) is 0 Å². The summed E-state index contributed by atoms with van der Waals surface area (Å²) < 4.78 is 19.8. The van der Waals surface area contributed by atoms with Gasteiger partial charge in [0.05, 0.1) is 12.1 Å². The molecule has 0 saturated heterocycles. The Balaban J connectivity index is 2.22. The van der Waals surface area contributed by atoms with E-state index in [1.807, 2.05) is 26.0 Å². The van der Waals surface area contributed by atoms with Crippen LogP contribution in [0.1, 0.15) is 38.3 Å². The lowest BCUT2D eigenvalue weighted by molar-refractivity contribution is 0.0181. The van der Waals surface area contributed by atoms with Gasteiger partial charge >= 0.3 is 0 Å². The van der Waals surface area contributed by atoms with Gasteiger partial charge in [-0.05, 0) is 38.3 Å². The van der Waals surface area contributed by atoms with Crippen LogP contribution in [0.25, 0.3) is 0 Å². The fourth-order valence-corrected chi connectivity index (χ4v) is 2.47. The molecule has 0 bridgehead atoms. The maximum absolute atomic E-state index is 14.0. The minimum absolute atomic E-state index is 0.0383. The van der Waals surface area contributed by atoms with Gasteiger partial charge in [0.15, 0.2) is 0 Å². The van der Waals surface area contributed by atoms with E-state index in [4.69, 9.17) is 4.74 Å². The Bertz CT molecular complexity index is 379. The van der Waals surface area contributed by atoms with Crippen molar-refractivity contribution in [2.75, 3.05) is 13.2 Å². The number of hydrogen-bond donors (Lipinski definition) is 1. The van der Waals surface area contributed by atoms with E-state index >= 15 is 0 Å². The molecule has 100 valence electrons. The molecule has 1 aromatic rings. The Labute approximate surface area is 109 Å². The molecule has 0 radical (unpaired) electrons. The van der Waals surface area contributed by atoms with Crippen molar-refractivity contribution in [3.05, 3.63) is 35.6 Å². The lowest BCUT2D eigenvalue weighted by Crippen LogP contribution is -2.36. The van der Waals surface area contributed by atoms with Crippen molar-refractivity contribution in [3.63, 3.8) is 0 Å². The highest BCUT2D eigenvalue weighted by Gasteiger charge is 2.38. The van der Waals surface area contributed by atoms with Gasteiger partial charge in [-0.25, -0.2) is 4.39 Å². The molecule has 0 aliphatic heterocycles. The molecule has 0 aromatic heterocycles. The third-order valence-corrected chi connectivity index (χ3v) is 3.44. The Morgan fingerprint density at radius 1 is 1.33 bits per heavy atom. The highest BCUT2D eigenvalue weighted by Crippen LogP contribution is 2.40. The van der Waals surface area contributed by atoms with Crippen LogP contribution in [0.4, 0.5) is 4.39 Å². The molecule has 1 aliphatic carbocycles. The number of nitrogens with one attached hydrogen (secondary N) is 1. The number of hydrogen-bond acceptors (Lipinski definition) is 2. The maximum Gasteiger partial charge on any atom is 0.128 e. The van der Waals surface area contributed by atoms with Crippen LogP contribution in [0.15, 0.2) is 24.3 Å². The van der Waals surface area contributed by atoms with Crippen LogP contribution in [0.5, 0.6) is 0 Å². The first-order valence-corrected chi connectivity index (χ1v) is 6.87. The molecule has 2 atom stereocenters. The van der Waals surface area contributed by atoms with Gasteiger partial charge < -0.3 is 10.1 Å². The first-order chi connectivity index (χ1) is 8.77. The first-order valence-electron chi connectivity index (χ1n) is 6.87. The smallest absolute Gasteiger partial charge is 0.128 e. The Morgan fingerprint density at radius 3 is 2.61 bits per heavy atom. The van der Waals surface area contributed by atoms with E-state index in [2.05, 4.69) is 5.32 Å². The monoisotopic (exact) mass is 251 g/mol. The van der Waals surface area contributed by atoms with Gasteiger partial charge in [-0.2, -0.15) is 0 Å². The van der Waals surface area contributed by atoms with Gasteiger partial charge in [-0.15, -0.1) is 0 Å². The zero-order valence-corrected chi connectivity index (χ0v) is 11.2. The molecule has 3 heteroatoms. The van der Waals surface area contributed by atoms with Gasteiger partial charge in [0.1, 0.15) is 5.82 Å². The number of likely N-dealkylation sites (N-methyl/N-ethyl adjacent to an activating group) is 1. The van der Waals surface area contributed by atoms with Crippen molar-refractivity contribution in [1.82, 2.24) is 5.32 Å². The lowest BCUT2D eigenvalue weighted by Gasteiger charge is -2.28. The van der Waals surface area contributed by atoms with Gasteiger partial charge in [0, 0.05) is 12.2 Å². The minimum atomic E-state index is -0.145. The van der Waals surface area contributed by atoms with Gasteiger partial charge in [-0.1, -0.05) is 25.1 Å². The second-order valence-corrected chi connectivity index (χ2v) is 4.81. The summed E-state index contributed by atoms with van der Waals surface area (Å²) in [7, 11) is 0. The maximum atomic E-state index is 14.0. The fraction of sp³-hybridized carbons (Fsp3) is 0.600. The third-order valence-electron chi connectivity index (χ3n) is 3.44. The standard InChI is InChI=1S/C15H22FNO/c1-3-17-14(12-7-5-6-8-13(12)16)15(18-4-2)11-9-10-11/h5-8,11,14-15,17H,3-4,9-10H2,1-2H3. The Hall–Kier alpha value is -0.930. The summed E-state index contributed by atoms with van der Waals surface area (Å²) in [6.07, 6.45) is 2.48. The molecule has 1 N–H and O–H groups in total. The molecule has 2 nitrogen and oxygen atoms in total. The van der Waals surface area contributed by atoms with Crippen LogP contribution in [0.3, 0.4) is 0 Å². The van der Waals surface area contributed by atoms with E-state index in [0.717, 1.165) is 12.1 Å². The van der Waals surface area contributed by atoms with Crippen molar-refractivity contribution < 1.29 is 9.13 Å². The van der Waals surface area contributed by atoms with E-state index in [1.165, 1.54) is 18.9 Å². The predicted molar refractivity (Wildman–Crippen MR) is 71.0 cm³/mol. The second-order valence-electron chi connectivity index (χ2n) is 4.81. The zero-order chi connectivity index (χ0) is 13.0. The largest absolute Gasteiger partial charge is 0.376 e. The number of rotatable bonds is 7. The molecule has 1 fully saturated rings. The Morgan fingerprint density at radius 2 is 2.06 bits per heavy atom. The van der Waals surface area contributed by atoms with Crippen LogP contribution in [0, 0.1) is 11.7 Å². The summed E-state index contributed by atoms with van der Waals surface area (Å²) >= 11 is 0. The molecule has 2 unspecified atom stereocenters. The van der Waals surface area contributed by atoms with Crippen molar-refractivity contribution in [2.45, 2.75) is 38.8 Å². The third kappa shape index (κ3) is 3.09. The molecule has 0 heterocycles. The molecule has 1 aliphatic rings. The molecular formula is C15H22FNO. The molecule has 18 heavy (non-hydrogen) atoms. The average molecular weight is 251 g/mol. The van der Waals surface area contributed by atoms with Crippen molar-refractivity contribution >= 4 is 0 Å². The topological polar surface area (TPSA) is 21.3 Å². The first kappa shape index (κ1) is 13.5. The molecule has 1 aromatic carbocycles. The quantitative estimate of drug-likeness (QED) is 0.803. The zero-order valence-electron chi connectivity index (χ0n) is 11.2. The van der Waals surface area contributed by atoms with Crippen molar-refractivity contribution in [3.8, 4) is 0 Å². The molecule has 1 saturated carbocycles. The van der Waals surface area contributed by atoms with E-state index < -0.39 is 0 Å². The van der Waals surface area contributed by atoms with E-state index in [-0.39, 0.29) is 18.0 Å². The SMILES string of the molecule is CCNC(c1ccccc1F)C(OCC)C1CC1. The molecule has 0 amide bonds. The highest BCUT2D eigenvalue weighted by atomic mass is 19.1. The van der Waals surface area contributed by atoms with Crippen LogP contribution >= 0.6 is 0 Å². The lowest BCUT2D eigenvalue weighted by atomic mass is 9.97. The van der Waals surface area contributed by atoms with Crippen LogP contribution in [-0.4, -0.2) is 19.3 Å². The van der Waals surface area contributed by atoms with Crippen molar-refractivity contribution in [2.24, 2.45) is 5.92 Å². The molecular weight excluding hydrogens is 229 g/mol. The predicted octanol–water partition coefficient (Wildman–Crippen LogP) is 3.29. The summed E-state index contributed by atoms with van der Waals surface area (Å²) in [4.78, 5) is 0. The number of halogens is 1. The summed E-state index contributed by atoms with van der Waals surface area (Å²) in [6.45, 7) is 5.54. The summed E-state index contributed by atoms with van der Waals surface area (Å²) in [5.41, 5.74) is 0.727. The normalized spacial score (nSPS) is 18.6. The summed E-state index contributed by atoms with van der Waals surface area (Å²) in [5.74, 6) is 0.433. The van der Waals surface area contributed by atoms with E-state index in [9.17, 15) is 4.39 Å². The Kier molecular flexibility index (Phi) is 4.72. The minimum Gasteiger partial charge on any atom is -0.376 e.